The molecule has 1 aromatic carbocycles. The molecule has 3 N–H and O–H groups in total. The molecule has 1 amide bonds. The molecule has 1 aliphatic rings. The van der Waals surface area contributed by atoms with Gasteiger partial charge in [-0.2, -0.15) is 0 Å². The van der Waals surface area contributed by atoms with Crippen molar-refractivity contribution >= 4 is 18.0 Å². The number of carbonyl (C=O) groups is 2. The van der Waals surface area contributed by atoms with Gasteiger partial charge in [-0.1, -0.05) is 38.1 Å². The van der Waals surface area contributed by atoms with E-state index in [1.807, 2.05) is 45.0 Å². The number of amides is 1. The average molecular weight is 374 g/mol. The number of hydrogen-bond donors (Lipinski definition) is 3. The second-order valence-corrected chi connectivity index (χ2v) is 7.57. The third kappa shape index (κ3) is 5.91. The molecule has 1 unspecified atom stereocenters. The zero-order chi connectivity index (χ0) is 19.9. The first-order valence-electron chi connectivity index (χ1n) is 9.52. The van der Waals surface area contributed by atoms with E-state index >= 15 is 0 Å². The van der Waals surface area contributed by atoms with E-state index in [4.69, 9.17) is 9.94 Å². The molecule has 6 nitrogen and oxygen atoms in total. The predicted octanol–water partition coefficient (Wildman–Crippen LogP) is 3.20. The third-order valence-corrected chi connectivity index (χ3v) is 5.33. The van der Waals surface area contributed by atoms with Crippen LogP contribution < -0.4 is 10.8 Å². The van der Waals surface area contributed by atoms with Crippen molar-refractivity contribution < 1.29 is 19.5 Å². The normalized spacial score (nSPS) is 17.2. The Balaban J connectivity index is 1.97. The number of hydroxylamine groups is 1. The Hall–Kier alpha value is -2.18. The Morgan fingerprint density at radius 1 is 1.26 bits per heavy atom. The topological polar surface area (TPSA) is 87.7 Å². The Kier molecular flexibility index (Phi) is 7.56. The fourth-order valence-corrected chi connectivity index (χ4v) is 3.03. The zero-order valence-electron chi connectivity index (χ0n) is 16.3. The molecule has 6 heteroatoms. The van der Waals surface area contributed by atoms with Crippen LogP contribution in [0, 0.1) is 5.92 Å². The van der Waals surface area contributed by atoms with Crippen molar-refractivity contribution in [2.24, 2.45) is 5.92 Å². The van der Waals surface area contributed by atoms with Crippen molar-refractivity contribution in [3.05, 3.63) is 41.5 Å². The van der Waals surface area contributed by atoms with E-state index in [2.05, 4.69) is 5.32 Å². The molecule has 148 valence electrons. The van der Waals surface area contributed by atoms with Gasteiger partial charge in [0.25, 0.3) is 5.91 Å². The maximum absolute atomic E-state index is 12.8. The molecule has 1 aliphatic carbocycles. The van der Waals surface area contributed by atoms with Gasteiger partial charge in [0.1, 0.15) is 11.6 Å². The van der Waals surface area contributed by atoms with E-state index in [9.17, 15) is 9.59 Å². The Bertz CT molecular complexity index is 663. The Labute approximate surface area is 160 Å². The highest BCUT2D eigenvalue weighted by atomic mass is 16.5. The van der Waals surface area contributed by atoms with E-state index < -0.39 is 11.4 Å². The second-order valence-electron chi connectivity index (χ2n) is 7.57. The molecule has 1 fully saturated rings. The van der Waals surface area contributed by atoms with Crippen molar-refractivity contribution in [2.45, 2.75) is 64.6 Å². The van der Waals surface area contributed by atoms with E-state index in [-0.39, 0.29) is 18.0 Å². The number of benzene rings is 1. The largest absolute Gasteiger partial charge is 0.461 e. The summed E-state index contributed by atoms with van der Waals surface area (Å²) in [5.74, 6) is -0.668. The molecule has 1 saturated carbocycles. The van der Waals surface area contributed by atoms with Crippen LogP contribution >= 0.6 is 0 Å². The molecular weight excluding hydrogens is 344 g/mol. The van der Waals surface area contributed by atoms with E-state index in [1.54, 1.807) is 11.6 Å². The molecule has 0 radical (unpaired) electrons. The summed E-state index contributed by atoms with van der Waals surface area (Å²) in [6, 6.07) is 7.63. The lowest BCUT2D eigenvalue weighted by Crippen LogP contribution is -2.54. The summed E-state index contributed by atoms with van der Waals surface area (Å²) < 4.78 is 5.74. The summed E-state index contributed by atoms with van der Waals surface area (Å²) in [4.78, 5) is 23.8. The lowest BCUT2D eigenvalue weighted by atomic mass is 9.88. The van der Waals surface area contributed by atoms with Crippen LogP contribution in [0.5, 0.6) is 0 Å². The summed E-state index contributed by atoms with van der Waals surface area (Å²) in [6.07, 6.45) is 7.10. The summed E-state index contributed by atoms with van der Waals surface area (Å²) in [7, 11) is 0. The van der Waals surface area contributed by atoms with Crippen molar-refractivity contribution in [3.8, 4) is 0 Å². The average Bonchev–Trinajstić information content (AvgIpc) is 3.17. The minimum Gasteiger partial charge on any atom is -0.461 e. The Morgan fingerprint density at radius 2 is 1.89 bits per heavy atom. The predicted molar refractivity (Wildman–Crippen MR) is 104 cm³/mol. The van der Waals surface area contributed by atoms with Gasteiger partial charge >= 0.3 is 5.97 Å². The molecule has 0 spiro atoms. The number of esters is 1. The van der Waals surface area contributed by atoms with Crippen molar-refractivity contribution in [2.75, 3.05) is 0 Å². The van der Waals surface area contributed by atoms with Crippen LogP contribution in [-0.2, 0) is 20.9 Å². The van der Waals surface area contributed by atoms with Gasteiger partial charge in [0.05, 0.1) is 0 Å². The lowest BCUT2D eigenvalue weighted by Gasteiger charge is -2.33. The van der Waals surface area contributed by atoms with Gasteiger partial charge in [-0.05, 0) is 55.7 Å². The molecule has 2 rings (SSSR count). The van der Waals surface area contributed by atoms with Crippen LogP contribution in [0.4, 0.5) is 0 Å². The summed E-state index contributed by atoms with van der Waals surface area (Å²) >= 11 is 0. The highest BCUT2D eigenvalue weighted by Gasteiger charge is 2.39. The first-order chi connectivity index (χ1) is 12.8. The molecule has 0 heterocycles. The van der Waals surface area contributed by atoms with Gasteiger partial charge in [0.15, 0.2) is 0 Å². The van der Waals surface area contributed by atoms with Crippen LogP contribution in [0.25, 0.3) is 6.08 Å². The van der Waals surface area contributed by atoms with Gasteiger partial charge in [-0.3, -0.25) is 20.1 Å². The summed E-state index contributed by atoms with van der Waals surface area (Å²) in [5, 5.41) is 11.9. The van der Waals surface area contributed by atoms with E-state index in [0.717, 1.165) is 36.8 Å². The fraction of sp³-hybridized carbons (Fsp3) is 0.524. The number of nitrogens with one attached hydrogen (secondary N) is 2. The summed E-state index contributed by atoms with van der Waals surface area (Å²) in [5.41, 5.74) is 2.67. The number of ether oxygens (including phenoxy) is 1. The number of hydrogen-bond acceptors (Lipinski definition) is 5. The zero-order valence-corrected chi connectivity index (χ0v) is 16.3. The number of rotatable bonds is 8. The van der Waals surface area contributed by atoms with Gasteiger partial charge in [-0.25, -0.2) is 5.48 Å². The molecule has 27 heavy (non-hydrogen) atoms. The van der Waals surface area contributed by atoms with Gasteiger partial charge in [0.2, 0.25) is 0 Å². The maximum atomic E-state index is 12.8. The van der Waals surface area contributed by atoms with Crippen molar-refractivity contribution in [1.29, 1.82) is 0 Å². The van der Waals surface area contributed by atoms with Gasteiger partial charge in [0, 0.05) is 12.6 Å². The molecule has 0 saturated heterocycles. The van der Waals surface area contributed by atoms with Crippen LogP contribution in [0.1, 0.15) is 57.6 Å². The van der Waals surface area contributed by atoms with E-state index in [0.29, 0.717) is 6.54 Å². The maximum Gasteiger partial charge on any atom is 0.326 e. The standard InChI is InChI=1S/C21H30N2O4/c1-15(2)21(3,20(25)27-18-6-4-5-7-18)22-14-17-10-8-16(9-11-17)12-13-19(24)23-26/h8-13,15,18,22,26H,4-7,14H2,1-3H3,(H,23,24). The van der Waals surface area contributed by atoms with Crippen LogP contribution in [0.2, 0.25) is 0 Å². The molecule has 1 aromatic rings. The first kappa shape index (κ1) is 21.1. The first-order valence-corrected chi connectivity index (χ1v) is 9.52. The molecule has 0 aliphatic heterocycles. The second kappa shape index (κ2) is 9.67. The monoisotopic (exact) mass is 374 g/mol. The minimum absolute atomic E-state index is 0.0552. The van der Waals surface area contributed by atoms with E-state index in [1.165, 1.54) is 6.08 Å². The fourth-order valence-electron chi connectivity index (χ4n) is 3.03. The summed E-state index contributed by atoms with van der Waals surface area (Å²) in [6.45, 7) is 6.47. The molecular formula is C21H30N2O4. The quantitative estimate of drug-likeness (QED) is 0.281. The molecule has 0 bridgehead atoms. The highest BCUT2D eigenvalue weighted by Crippen LogP contribution is 2.26. The van der Waals surface area contributed by atoms with Crippen molar-refractivity contribution in [1.82, 2.24) is 10.8 Å². The Morgan fingerprint density at radius 3 is 2.44 bits per heavy atom. The molecule has 1 atom stereocenters. The van der Waals surface area contributed by atoms with Gasteiger partial charge in [-0.15, -0.1) is 0 Å². The third-order valence-electron chi connectivity index (χ3n) is 5.33. The van der Waals surface area contributed by atoms with Crippen LogP contribution in [0.3, 0.4) is 0 Å². The molecule has 0 aromatic heterocycles. The lowest BCUT2D eigenvalue weighted by molar-refractivity contribution is -0.158. The van der Waals surface area contributed by atoms with Gasteiger partial charge < -0.3 is 4.74 Å². The van der Waals surface area contributed by atoms with Crippen molar-refractivity contribution in [3.63, 3.8) is 0 Å². The van der Waals surface area contributed by atoms with Crippen LogP contribution in [0.15, 0.2) is 30.3 Å². The minimum atomic E-state index is -0.750. The SMILES string of the molecule is CC(C)C(C)(NCc1ccc(C=CC(=O)NO)cc1)C(=O)OC1CCCC1. The van der Waals surface area contributed by atoms with Crippen LogP contribution in [-0.4, -0.2) is 28.7 Å². The smallest absolute Gasteiger partial charge is 0.326 e. The highest BCUT2D eigenvalue weighted by molar-refractivity contribution is 5.90. The number of carbonyl (C=O) groups excluding carboxylic acids is 2.